The molecule has 0 aromatic carbocycles. The van der Waals surface area contributed by atoms with Crippen LogP contribution in [0.25, 0.3) is 0 Å². The van der Waals surface area contributed by atoms with Gasteiger partial charge in [-0.1, -0.05) is 0 Å². The minimum atomic E-state index is 0.488. The number of anilines is 1. The van der Waals surface area contributed by atoms with E-state index in [4.69, 9.17) is 5.26 Å². The van der Waals surface area contributed by atoms with Crippen LogP contribution in [0.4, 0.5) is 5.82 Å². The number of hydrogen-bond acceptors (Lipinski definition) is 4. The number of hydrogen-bond donors (Lipinski definition) is 1. The Kier molecular flexibility index (Phi) is 3.21. The van der Waals surface area contributed by atoms with Crippen molar-refractivity contribution in [2.45, 2.75) is 20.3 Å². The molecule has 0 aliphatic carbocycles. The minimum absolute atomic E-state index is 0.488. The third kappa shape index (κ3) is 3.08. The van der Waals surface area contributed by atoms with Crippen LogP contribution in [0, 0.1) is 25.2 Å². The summed E-state index contributed by atoms with van der Waals surface area (Å²) in [6.07, 6.45) is 0.488. The summed E-state index contributed by atoms with van der Waals surface area (Å²) in [6, 6.07) is 3.93. The smallest absolute Gasteiger partial charge is 0.129 e. The monoisotopic (exact) mass is 176 g/mol. The van der Waals surface area contributed by atoms with Crippen molar-refractivity contribution in [3.63, 3.8) is 0 Å². The van der Waals surface area contributed by atoms with Gasteiger partial charge >= 0.3 is 0 Å². The molecule has 0 aliphatic rings. The Labute approximate surface area is 77.6 Å². The van der Waals surface area contributed by atoms with Crippen LogP contribution in [-0.2, 0) is 0 Å². The normalized spacial score (nSPS) is 9.31. The van der Waals surface area contributed by atoms with E-state index < -0.39 is 0 Å². The molecule has 13 heavy (non-hydrogen) atoms. The van der Waals surface area contributed by atoms with E-state index in [1.807, 2.05) is 19.9 Å². The average Bonchev–Trinajstić information content (AvgIpc) is 2.03. The van der Waals surface area contributed by atoms with Crippen molar-refractivity contribution >= 4 is 5.82 Å². The fourth-order valence-corrected chi connectivity index (χ4v) is 1.05. The van der Waals surface area contributed by atoms with Gasteiger partial charge in [0.1, 0.15) is 11.6 Å². The largest absolute Gasteiger partial charge is 0.369 e. The summed E-state index contributed by atoms with van der Waals surface area (Å²) in [5.41, 5.74) is 0.937. The molecule has 68 valence electrons. The summed E-state index contributed by atoms with van der Waals surface area (Å²) in [4.78, 5) is 8.32. The first-order chi connectivity index (χ1) is 6.22. The fraction of sp³-hybridized carbons (Fsp3) is 0.444. The van der Waals surface area contributed by atoms with E-state index >= 15 is 0 Å². The number of nitrogens with zero attached hydrogens (tertiary/aromatic N) is 3. The first-order valence-corrected chi connectivity index (χ1v) is 4.15. The van der Waals surface area contributed by atoms with Crippen molar-refractivity contribution in [3.8, 4) is 6.07 Å². The van der Waals surface area contributed by atoms with E-state index in [1.165, 1.54) is 0 Å². The number of nitriles is 1. The standard InChI is InChI=1S/C9H12N4/c1-7-6-9(11-5-3-4-10)13-8(2)12-7/h6H,3,5H2,1-2H3,(H,11,12,13). The molecule has 0 fully saturated rings. The van der Waals surface area contributed by atoms with Gasteiger partial charge in [-0.15, -0.1) is 0 Å². The molecule has 1 N–H and O–H groups in total. The maximum Gasteiger partial charge on any atom is 0.129 e. The highest BCUT2D eigenvalue weighted by molar-refractivity contribution is 5.35. The molecule has 1 aromatic heterocycles. The minimum Gasteiger partial charge on any atom is -0.369 e. The summed E-state index contributed by atoms with van der Waals surface area (Å²) in [5, 5.41) is 11.4. The molecule has 0 saturated heterocycles. The second-order valence-corrected chi connectivity index (χ2v) is 2.78. The van der Waals surface area contributed by atoms with Gasteiger partial charge in [-0.2, -0.15) is 5.26 Å². The Morgan fingerprint density at radius 2 is 2.23 bits per heavy atom. The van der Waals surface area contributed by atoms with Gasteiger partial charge in [0, 0.05) is 18.3 Å². The lowest BCUT2D eigenvalue weighted by Crippen LogP contribution is -2.04. The SMILES string of the molecule is Cc1cc(NCCC#N)nc(C)n1. The number of aryl methyl sites for hydroxylation is 2. The average molecular weight is 176 g/mol. The fourth-order valence-electron chi connectivity index (χ4n) is 1.05. The number of aromatic nitrogens is 2. The Balaban J connectivity index is 2.62. The molecule has 0 bridgehead atoms. The van der Waals surface area contributed by atoms with Crippen LogP contribution in [0.2, 0.25) is 0 Å². The summed E-state index contributed by atoms with van der Waals surface area (Å²) in [7, 11) is 0. The number of rotatable bonds is 3. The van der Waals surface area contributed by atoms with Crippen molar-refractivity contribution in [2.75, 3.05) is 11.9 Å². The van der Waals surface area contributed by atoms with Gasteiger partial charge in [0.25, 0.3) is 0 Å². The van der Waals surface area contributed by atoms with E-state index in [0.29, 0.717) is 13.0 Å². The maximum absolute atomic E-state index is 8.33. The van der Waals surface area contributed by atoms with Gasteiger partial charge in [0.15, 0.2) is 0 Å². The second kappa shape index (κ2) is 4.41. The molecule has 0 spiro atoms. The van der Waals surface area contributed by atoms with Gasteiger partial charge in [-0.3, -0.25) is 0 Å². The molecular formula is C9H12N4. The molecule has 1 rings (SSSR count). The molecule has 1 heterocycles. The van der Waals surface area contributed by atoms with Gasteiger partial charge in [-0.05, 0) is 13.8 Å². The number of nitrogens with one attached hydrogen (secondary N) is 1. The van der Waals surface area contributed by atoms with Crippen molar-refractivity contribution in [1.82, 2.24) is 9.97 Å². The van der Waals surface area contributed by atoms with E-state index in [2.05, 4.69) is 21.4 Å². The van der Waals surface area contributed by atoms with Crippen molar-refractivity contribution < 1.29 is 0 Å². The summed E-state index contributed by atoms with van der Waals surface area (Å²) < 4.78 is 0. The van der Waals surface area contributed by atoms with Crippen LogP contribution >= 0.6 is 0 Å². The van der Waals surface area contributed by atoms with Gasteiger partial charge in [0.2, 0.25) is 0 Å². The highest BCUT2D eigenvalue weighted by Crippen LogP contribution is 2.04. The topological polar surface area (TPSA) is 61.6 Å². The molecule has 0 unspecified atom stereocenters. The van der Waals surface area contributed by atoms with Crippen molar-refractivity contribution in [2.24, 2.45) is 0 Å². The first kappa shape index (κ1) is 9.46. The quantitative estimate of drug-likeness (QED) is 0.707. The highest BCUT2D eigenvalue weighted by atomic mass is 15.0. The Morgan fingerprint density at radius 3 is 2.85 bits per heavy atom. The third-order valence-corrected chi connectivity index (χ3v) is 1.51. The summed E-state index contributed by atoms with van der Waals surface area (Å²) >= 11 is 0. The van der Waals surface area contributed by atoms with Gasteiger partial charge in [-0.25, -0.2) is 9.97 Å². The van der Waals surface area contributed by atoms with Gasteiger partial charge < -0.3 is 5.32 Å². The van der Waals surface area contributed by atoms with Crippen LogP contribution in [0.5, 0.6) is 0 Å². The zero-order valence-electron chi connectivity index (χ0n) is 7.83. The Bertz CT molecular complexity index is 307. The lowest BCUT2D eigenvalue weighted by molar-refractivity contribution is 0.983. The summed E-state index contributed by atoms with van der Waals surface area (Å²) in [6.45, 7) is 4.40. The Morgan fingerprint density at radius 1 is 1.46 bits per heavy atom. The zero-order valence-corrected chi connectivity index (χ0v) is 7.83. The molecule has 0 radical (unpaired) electrons. The van der Waals surface area contributed by atoms with Gasteiger partial charge in [0.05, 0.1) is 12.5 Å². The lowest BCUT2D eigenvalue weighted by Gasteiger charge is -2.04. The lowest BCUT2D eigenvalue weighted by atomic mass is 10.4. The first-order valence-electron chi connectivity index (χ1n) is 4.15. The second-order valence-electron chi connectivity index (χ2n) is 2.78. The van der Waals surface area contributed by atoms with Crippen LogP contribution in [0.1, 0.15) is 17.9 Å². The van der Waals surface area contributed by atoms with Crippen LogP contribution in [0.3, 0.4) is 0 Å². The Hall–Kier alpha value is -1.63. The molecule has 0 atom stereocenters. The van der Waals surface area contributed by atoms with E-state index in [0.717, 1.165) is 17.3 Å². The van der Waals surface area contributed by atoms with E-state index in [9.17, 15) is 0 Å². The molecule has 1 aromatic rings. The van der Waals surface area contributed by atoms with Crippen molar-refractivity contribution in [1.29, 1.82) is 5.26 Å². The maximum atomic E-state index is 8.33. The van der Waals surface area contributed by atoms with E-state index in [-0.39, 0.29) is 0 Å². The van der Waals surface area contributed by atoms with Crippen LogP contribution < -0.4 is 5.32 Å². The molecular weight excluding hydrogens is 164 g/mol. The predicted molar refractivity (Wildman–Crippen MR) is 50.2 cm³/mol. The molecule has 4 nitrogen and oxygen atoms in total. The molecule has 0 aliphatic heterocycles. The zero-order chi connectivity index (χ0) is 9.68. The van der Waals surface area contributed by atoms with Crippen molar-refractivity contribution in [3.05, 3.63) is 17.6 Å². The predicted octanol–water partition coefficient (Wildman–Crippen LogP) is 1.42. The molecule has 0 saturated carbocycles. The summed E-state index contributed by atoms with van der Waals surface area (Å²) in [5.74, 6) is 1.54. The van der Waals surface area contributed by atoms with E-state index in [1.54, 1.807) is 0 Å². The molecule has 0 amide bonds. The highest BCUT2D eigenvalue weighted by Gasteiger charge is 1.96. The third-order valence-electron chi connectivity index (χ3n) is 1.51. The van der Waals surface area contributed by atoms with Crippen LogP contribution in [0.15, 0.2) is 6.07 Å². The van der Waals surface area contributed by atoms with Crippen LogP contribution in [-0.4, -0.2) is 16.5 Å². The molecule has 4 heteroatoms.